The van der Waals surface area contributed by atoms with Gasteiger partial charge in [0.05, 0.1) is 11.2 Å². The van der Waals surface area contributed by atoms with Crippen LogP contribution in [0.3, 0.4) is 0 Å². The van der Waals surface area contributed by atoms with Gasteiger partial charge in [-0.1, -0.05) is 29.8 Å². The molecule has 1 aromatic heterocycles. The molecule has 0 fully saturated rings. The molecule has 0 bridgehead atoms. The second-order valence-electron chi connectivity index (χ2n) is 5.36. The Hall–Kier alpha value is -2.43. The zero-order valence-electron chi connectivity index (χ0n) is 13.0. The van der Waals surface area contributed by atoms with E-state index in [-0.39, 0.29) is 5.82 Å². The molecule has 0 aliphatic carbocycles. The van der Waals surface area contributed by atoms with E-state index in [2.05, 4.69) is 10.3 Å². The van der Waals surface area contributed by atoms with Crippen molar-refractivity contribution in [3.8, 4) is 0 Å². The SMILES string of the molecule is NCCNc1cc(/C=C/c2ccc(F)cc2)nc2ccc(Cl)cc12. The van der Waals surface area contributed by atoms with E-state index in [9.17, 15) is 4.39 Å². The Morgan fingerprint density at radius 3 is 2.62 bits per heavy atom. The number of aromatic nitrogens is 1. The second kappa shape index (κ2) is 7.43. The Bertz CT molecular complexity index is 876. The topological polar surface area (TPSA) is 50.9 Å². The summed E-state index contributed by atoms with van der Waals surface area (Å²) in [6.45, 7) is 1.19. The third-order valence-corrected chi connectivity index (χ3v) is 3.80. The van der Waals surface area contributed by atoms with Crippen LogP contribution < -0.4 is 11.1 Å². The van der Waals surface area contributed by atoms with Crippen LogP contribution in [0.5, 0.6) is 0 Å². The lowest BCUT2D eigenvalue weighted by atomic mass is 10.1. The molecule has 3 nitrogen and oxygen atoms in total. The van der Waals surface area contributed by atoms with Gasteiger partial charge in [-0.05, 0) is 48.0 Å². The summed E-state index contributed by atoms with van der Waals surface area (Å²) < 4.78 is 13.0. The van der Waals surface area contributed by atoms with Crippen molar-refractivity contribution in [2.45, 2.75) is 0 Å². The van der Waals surface area contributed by atoms with Crippen LogP contribution >= 0.6 is 11.6 Å². The standard InChI is InChI=1S/C19H17ClFN3/c20-14-4-8-18-17(11-14)19(23-10-9-22)12-16(24-18)7-3-13-1-5-15(21)6-2-13/h1-8,11-12H,9-10,22H2,(H,23,24)/b7-3+. The smallest absolute Gasteiger partial charge is 0.123 e. The summed E-state index contributed by atoms with van der Waals surface area (Å²) in [5.74, 6) is -0.249. The molecule has 3 aromatic rings. The second-order valence-corrected chi connectivity index (χ2v) is 5.79. The zero-order valence-corrected chi connectivity index (χ0v) is 13.7. The lowest BCUT2D eigenvalue weighted by Crippen LogP contribution is -2.13. The van der Waals surface area contributed by atoms with Gasteiger partial charge in [0.2, 0.25) is 0 Å². The molecule has 0 aliphatic rings. The number of nitrogens with two attached hydrogens (primary N) is 1. The molecule has 122 valence electrons. The maximum atomic E-state index is 13.0. The van der Waals surface area contributed by atoms with Crippen LogP contribution in [-0.2, 0) is 0 Å². The summed E-state index contributed by atoms with van der Waals surface area (Å²) >= 11 is 6.09. The average molecular weight is 342 g/mol. The van der Waals surface area contributed by atoms with E-state index in [0.717, 1.165) is 27.8 Å². The molecule has 5 heteroatoms. The monoisotopic (exact) mass is 341 g/mol. The molecule has 0 atom stereocenters. The van der Waals surface area contributed by atoms with Crippen LogP contribution in [0.1, 0.15) is 11.3 Å². The first kappa shape index (κ1) is 16.4. The van der Waals surface area contributed by atoms with Crippen molar-refractivity contribution in [1.82, 2.24) is 4.98 Å². The van der Waals surface area contributed by atoms with Gasteiger partial charge in [0.15, 0.2) is 0 Å². The van der Waals surface area contributed by atoms with E-state index in [1.54, 1.807) is 12.1 Å². The Labute approximate surface area is 145 Å². The van der Waals surface area contributed by atoms with Gasteiger partial charge in [0.25, 0.3) is 0 Å². The fraction of sp³-hybridized carbons (Fsp3) is 0.105. The third kappa shape index (κ3) is 3.91. The van der Waals surface area contributed by atoms with Crippen LogP contribution in [0, 0.1) is 5.82 Å². The number of fused-ring (bicyclic) bond motifs is 1. The van der Waals surface area contributed by atoms with Crippen LogP contribution in [0.4, 0.5) is 10.1 Å². The Morgan fingerprint density at radius 1 is 1.08 bits per heavy atom. The molecular formula is C19H17ClFN3. The van der Waals surface area contributed by atoms with Crippen molar-refractivity contribution < 1.29 is 4.39 Å². The molecule has 0 saturated heterocycles. The van der Waals surface area contributed by atoms with E-state index < -0.39 is 0 Å². The number of rotatable bonds is 5. The highest BCUT2D eigenvalue weighted by Crippen LogP contribution is 2.27. The predicted molar refractivity (Wildman–Crippen MR) is 99.6 cm³/mol. The minimum Gasteiger partial charge on any atom is -0.383 e. The number of pyridine rings is 1. The van der Waals surface area contributed by atoms with Crippen LogP contribution in [0.25, 0.3) is 23.1 Å². The molecule has 0 amide bonds. The fourth-order valence-electron chi connectivity index (χ4n) is 2.41. The minimum absolute atomic E-state index is 0.249. The first-order valence-electron chi connectivity index (χ1n) is 7.63. The largest absolute Gasteiger partial charge is 0.383 e. The molecule has 0 aliphatic heterocycles. The first-order chi connectivity index (χ1) is 11.7. The zero-order chi connectivity index (χ0) is 16.9. The highest BCUT2D eigenvalue weighted by molar-refractivity contribution is 6.31. The molecule has 3 N–H and O–H groups in total. The molecule has 2 aromatic carbocycles. The van der Waals surface area contributed by atoms with Crippen molar-refractivity contribution in [2.24, 2.45) is 5.73 Å². The summed E-state index contributed by atoms with van der Waals surface area (Å²) in [7, 11) is 0. The Balaban J connectivity index is 1.98. The highest BCUT2D eigenvalue weighted by Gasteiger charge is 2.05. The van der Waals surface area contributed by atoms with Crippen molar-refractivity contribution >= 4 is 40.3 Å². The molecule has 24 heavy (non-hydrogen) atoms. The fourth-order valence-corrected chi connectivity index (χ4v) is 2.58. The number of nitrogens with zero attached hydrogens (tertiary/aromatic N) is 1. The summed E-state index contributed by atoms with van der Waals surface area (Å²) in [5, 5.41) is 4.92. The van der Waals surface area contributed by atoms with E-state index in [1.165, 1.54) is 12.1 Å². The van der Waals surface area contributed by atoms with Crippen LogP contribution in [-0.4, -0.2) is 18.1 Å². The lowest BCUT2D eigenvalue weighted by Gasteiger charge is -2.10. The van der Waals surface area contributed by atoms with Gasteiger partial charge in [0.1, 0.15) is 5.82 Å². The molecule has 0 spiro atoms. The van der Waals surface area contributed by atoms with Gasteiger partial charge in [-0.2, -0.15) is 0 Å². The maximum Gasteiger partial charge on any atom is 0.123 e. The minimum atomic E-state index is -0.249. The summed E-state index contributed by atoms with van der Waals surface area (Å²) in [6, 6.07) is 13.9. The maximum absolute atomic E-state index is 13.0. The Morgan fingerprint density at radius 2 is 1.88 bits per heavy atom. The number of anilines is 1. The molecule has 1 heterocycles. The number of hydrogen-bond donors (Lipinski definition) is 2. The Kier molecular flexibility index (Phi) is 5.08. The quantitative estimate of drug-likeness (QED) is 0.714. The van der Waals surface area contributed by atoms with E-state index in [0.29, 0.717) is 18.1 Å². The van der Waals surface area contributed by atoms with Gasteiger partial charge in [0, 0.05) is 29.2 Å². The predicted octanol–water partition coefficient (Wildman–Crippen LogP) is 4.57. The van der Waals surface area contributed by atoms with Gasteiger partial charge in [-0.15, -0.1) is 0 Å². The van der Waals surface area contributed by atoms with Crippen LogP contribution in [0.15, 0.2) is 48.5 Å². The highest BCUT2D eigenvalue weighted by atomic mass is 35.5. The van der Waals surface area contributed by atoms with E-state index in [4.69, 9.17) is 17.3 Å². The normalized spacial score (nSPS) is 11.3. The average Bonchev–Trinajstić information content (AvgIpc) is 2.59. The summed E-state index contributed by atoms with van der Waals surface area (Å²) in [4.78, 5) is 4.63. The summed E-state index contributed by atoms with van der Waals surface area (Å²) in [5.41, 5.74) is 9.08. The van der Waals surface area contributed by atoms with E-state index in [1.807, 2.05) is 36.4 Å². The van der Waals surface area contributed by atoms with Gasteiger partial charge >= 0.3 is 0 Å². The van der Waals surface area contributed by atoms with Crippen molar-refractivity contribution in [3.63, 3.8) is 0 Å². The molecule has 3 rings (SSSR count). The van der Waals surface area contributed by atoms with E-state index >= 15 is 0 Å². The molecule has 0 unspecified atom stereocenters. The third-order valence-electron chi connectivity index (χ3n) is 3.57. The van der Waals surface area contributed by atoms with Crippen molar-refractivity contribution in [2.75, 3.05) is 18.4 Å². The lowest BCUT2D eigenvalue weighted by molar-refractivity contribution is 0.628. The van der Waals surface area contributed by atoms with Gasteiger partial charge in [-0.3, -0.25) is 0 Å². The number of nitrogens with one attached hydrogen (secondary N) is 1. The molecule has 0 saturated carbocycles. The number of benzene rings is 2. The van der Waals surface area contributed by atoms with Crippen molar-refractivity contribution in [3.05, 3.63) is 70.6 Å². The number of hydrogen-bond acceptors (Lipinski definition) is 3. The van der Waals surface area contributed by atoms with Crippen molar-refractivity contribution in [1.29, 1.82) is 0 Å². The molecule has 0 radical (unpaired) electrons. The summed E-state index contributed by atoms with van der Waals surface area (Å²) in [6.07, 6.45) is 3.80. The first-order valence-corrected chi connectivity index (χ1v) is 8.01. The van der Waals surface area contributed by atoms with Gasteiger partial charge < -0.3 is 11.1 Å². The molecular weight excluding hydrogens is 325 g/mol. The van der Waals surface area contributed by atoms with Gasteiger partial charge in [-0.25, -0.2) is 9.37 Å². The number of halogens is 2. The van der Waals surface area contributed by atoms with Crippen LogP contribution in [0.2, 0.25) is 5.02 Å².